The van der Waals surface area contributed by atoms with Crippen molar-refractivity contribution in [3.63, 3.8) is 0 Å². The molecule has 0 fully saturated rings. The number of rotatable bonds is 2. The van der Waals surface area contributed by atoms with E-state index in [-0.39, 0.29) is 11.5 Å². The van der Waals surface area contributed by atoms with E-state index in [9.17, 15) is 8.42 Å². The van der Waals surface area contributed by atoms with Crippen molar-refractivity contribution in [2.24, 2.45) is 0 Å². The van der Waals surface area contributed by atoms with Gasteiger partial charge in [-0.2, -0.15) is 0 Å². The van der Waals surface area contributed by atoms with Gasteiger partial charge in [-0.25, -0.2) is 8.42 Å². The van der Waals surface area contributed by atoms with Crippen LogP contribution in [0.3, 0.4) is 0 Å². The van der Waals surface area contributed by atoms with Crippen molar-refractivity contribution in [1.82, 2.24) is 0 Å². The Morgan fingerprint density at radius 1 is 1.38 bits per heavy atom. The van der Waals surface area contributed by atoms with E-state index in [0.717, 1.165) is 9.83 Å². The molecule has 0 bridgehead atoms. The predicted molar refractivity (Wildman–Crippen MR) is 58.2 cm³/mol. The normalized spacial score (nSPS) is 11.6. The monoisotopic (exact) mass is 312 g/mol. The van der Waals surface area contributed by atoms with Crippen molar-refractivity contribution < 1.29 is 13.5 Å². The Balaban J connectivity index is 3.33. The van der Waals surface area contributed by atoms with E-state index >= 15 is 0 Å². The molecule has 5 heteroatoms. The Labute approximate surface area is 90.8 Å². The largest absolute Gasteiger partial charge is 0.392 e. The Morgan fingerprint density at radius 3 is 2.46 bits per heavy atom. The first kappa shape index (κ1) is 10.9. The van der Waals surface area contributed by atoms with E-state index in [0.29, 0.717) is 5.56 Å². The highest BCUT2D eigenvalue weighted by atomic mass is 127. The van der Waals surface area contributed by atoms with Crippen LogP contribution in [0.25, 0.3) is 0 Å². The molecule has 0 aliphatic rings. The lowest BCUT2D eigenvalue weighted by Gasteiger charge is -2.02. The number of hydrogen-bond donors (Lipinski definition) is 1. The zero-order valence-electron chi connectivity index (χ0n) is 6.99. The minimum atomic E-state index is -3.17. The first-order valence-corrected chi connectivity index (χ1v) is 6.51. The summed E-state index contributed by atoms with van der Waals surface area (Å²) in [5.41, 5.74) is 0.618. The summed E-state index contributed by atoms with van der Waals surface area (Å²) >= 11 is 2.02. The smallest absolute Gasteiger partial charge is 0.175 e. The highest BCUT2D eigenvalue weighted by molar-refractivity contribution is 14.1. The molecule has 1 aromatic carbocycles. The fraction of sp³-hybridized carbons (Fsp3) is 0.250. The number of halogens is 1. The number of aliphatic hydroxyl groups excluding tert-OH is 1. The first-order chi connectivity index (χ1) is 5.93. The van der Waals surface area contributed by atoms with Crippen LogP contribution in [0.5, 0.6) is 0 Å². The number of aliphatic hydroxyl groups is 1. The molecule has 1 aromatic rings. The van der Waals surface area contributed by atoms with Gasteiger partial charge in [-0.15, -0.1) is 0 Å². The van der Waals surface area contributed by atoms with Gasteiger partial charge in [0.05, 0.1) is 11.5 Å². The van der Waals surface area contributed by atoms with Crippen LogP contribution < -0.4 is 0 Å². The predicted octanol–water partition coefficient (Wildman–Crippen LogP) is 1.19. The van der Waals surface area contributed by atoms with E-state index in [4.69, 9.17) is 5.11 Å². The summed E-state index contributed by atoms with van der Waals surface area (Å²) in [6.07, 6.45) is 1.15. The summed E-state index contributed by atoms with van der Waals surface area (Å²) < 4.78 is 23.1. The van der Waals surface area contributed by atoms with Crippen LogP contribution in [0, 0.1) is 3.57 Å². The van der Waals surface area contributed by atoms with Gasteiger partial charge in [-0.3, -0.25) is 0 Å². The molecule has 0 unspecified atom stereocenters. The summed E-state index contributed by atoms with van der Waals surface area (Å²) in [7, 11) is -3.17. The van der Waals surface area contributed by atoms with E-state index < -0.39 is 9.84 Å². The molecule has 0 amide bonds. The molecule has 1 N–H and O–H groups in total. The third kappa shape index (κ3) is 2.92. The van der Waals surface area contributed by atoms with Crippen LogP contribution in [0.4, 0.5) is 0 Å². The van der Waals surface area contributed by atoms with E-state index in [1.807, 2.05) is 22.6 Å². The third-order valence-corrected chi connectivity index (χ3v) is 3.26. The highest BCUT2D eigenvalue weighted by Gasteiger charge is 2.08. The van der Waals surface area contributed by atoms with Gasteiger partial charge in [0, 0.05) is 9.83 Å². The summed E-state index contributed by atoms with van der Waals surface area (Å²) in [5, 5.41) is 8.85. The lowest BCUT2D eigenvalue weighted by Crippen LogP contribution is -1.99. The summed E-state index contributed by atoms with van der Waals surface area (Å²) in [6, 6.07) is 4.81. The van der Waals surface area contributed by atoms with Crippen molar-refractivity contribution in [3.8, 4) is 0 Å². The van der Waals surface area contributed by atoms with Crippen LogP contribution in [0.1, 0.15) is 5.56 Å². The highest BCUT2D eigenvalue weighted by Crippen LogP contribution is 2.16. The van der Waals surface area contributed by atoms with Gasteiger partial charge >= 0.3 is 0 Å². The fourth-order valence-corrected chi connectivity index (χ4v) is 2.58. The van der Waals surface area contributed by atoms with Gasteiger partial charge in [0.25, 0.3) is 0 Å². The van der Waals surface area contributed by atoms with Gasteiger partial charge < -0.3 is 5.11 Å². The number of benzene rings is 1. The maximum absolute atomic E-state index is 11.2. The topological polar surface area (TPSA) is 54.4 Å². The average Bonchev–Trinajstić information content (AvgIpc) is 2.01. The molecule has 0 aromatic heterocycles. The molecule has 0 spiro atoms. The SMILES string of the molecule is CS(=O)(=O)c1cc(I)cc(CO)c1. The molecule has 1 rings (SSSR count). The lowest BCUT2D eigenvalue weighted by molar-refractivity contribution is 0.281. The molecule has 0 saturated carbocycles. The Kier molecular flexibility index (Phi) is 3.31. The quantitative estimate of drug-likeness (QED) is 0.835. The second-order valence-electron chi connectivity index (χ2n) is 2.73. The van der Waals surface area contributed by atoms with Crippen molar-refractivity contribution >= 4 is 32.4 Å². The third-order valence-electron chi connectivity index (χ3n) is 1.54. The molecule has 0 saturated heterocycles. The zero-order valence-corrected chi connectivity index (χ0v) is 9.96. The second kappa shape index (κ2) is 3.93. The van der Waals surface area contributed by atoms with E-state index in [2.05, 4.69) is 0 Å². The number of hydrogen-bond acceptors (Lipinski definition) is 3. The number of sulfone groups is 1. The molecule has 3 nitrogen and oxygen atoms in total. The molecule has 0 radical (unpaired) electrons. The van der Waals surface area contributed by atoms with E-state index in [1.54, 1.807) is 12.1 Å². The van der Waals surface area contributed by atoms with Crippen molar-refractivity contribution in [2.75, 3.05) is 6.26 Å². The van der Waals surface area contributed by atoms with E-state index in [1.165, 1.54) is 6.07 Å². The maximum Gasteiger partial charge on any atom is 0.175 e. The lowest BCUT2D eigenvalue weighted by atomic mass is 10.2. The van der Waals surface area contributed by atoms with Crippen LogP contribution in [-0.4, -0.2) is 19.8 Å². The van der Waals surface area contributed by atoms with Gasteiger partial charge in [-0.1, -0.05) is 0 Å². The van der Waals surface area contributed by atoms with Crippen molar-refractivity contribution in [2.45, 2.75) is 11.5 Å². The minimum Gasteiger partial charge on any atom is -0.392 e. The van der Waals surface area contributed by atoms with Gasteiger partial charge in [0.1, 0.15) is 0 Å². The van der Waals surface area contributed by atoms with Crippen LogP contribution >= 0.6 is 22.6 Å². The Morgan fingerprint density at radius 2 is 2.00 bits per heavy atom. The first-order valence-electron chi connectivity index (χ1n) is 3.54. The second-order valence-corrected chi connectivity index (χ2v) is 5.99. The Bertz CT molecular complexity index is 411. The molecule has 0 aliphatic carbocycles. The van der Waals surface area contributed by atoms with Gasteiger partial charge in [0.2, 0.25) is 0 Å². The molecule has 0 atom stereocenters. The summed E-state index contributed by atoms with van der Waals surface area (Å²) in [4.78, 5) is 0.253. The zero-order chi connectivity index (χ0) is 10.1. The van der Waals surface area contributed by atoms with Gasteiger partial charge in [-0.05, 0) is 46.4 Å². The van der Waals surface area contributed by atoms with Crippen molar-refractivity contribution in [1.29, 1.82) is 0 Å². The minimum absolute atomic E-state index is 0.140. The summed E-state index contributed by atoms with van der Waals surface area (Å²) in [6.45, 7) is -0.140. The van der Waals surface area contributed by atoms with Crippen LogP contribution in [0.2, 0.25) is 0 Å². The molecule has 0 aliphatic heterocycles. The molecule has 72 valence electrons. The fourth-order valence-electron chi connectivity index (χ4n) is 0.926. The average molecular weight is 312 g/mol. The molecular weight excluding hydrogens is 303 g/mol. The van der Waals surface area contributed by atoms with Crippen LogP contribution in [-0.2, 0) is 16.4 Å². The van der Waals surface area contributed by atoms with Gasteiger partial charge in [0.15, 0.2) is 9.84 Å². The van der Waals surface area contributed by atoms with Crippen LogP contribution in [0.15, 0.2) is 23.1 Å². The molecule has 0 heterocycles. The van der Waals surface area contributed by atoms with Crippen molar-refractivity contribution in [3.05, 3.63) is 27.3 Å². The molecule has 13 heavy (non-hydrogen) atoms. The maximum atomic E-state index is 11.2. The standard InChI is InChI=1S/C8H9IO3S/c1-13(11,12)8-3-6(5-10)2-7(9)4-8/h2-4,10H,5H2,1H3. The summed E-state index contributed by atoms with van der Waals surface area (Å²) in [5.74, 6) is 0. The molecular formula is C8H9IO3S. The Hall–Kier alpha value is -0.140.